The Bertz CT molecular complexity index is 1020. The first-order valence-corrected chi connectivity index (χ1v) is 8.93. The first-order valence-electron chi connectivity index (χ1n) is 7.24. The molecule has 0 bridgehead atoms. The van der Waals surface area contributed by atoms with Gasteiger partial charge in [0.05, 0.1) is 16.8 Å². The number of nitrogens with zero attached hydrogens (tertiary/aromatic N) is 3. The highest BCUT2D eigenvalue weighted by atomic mass is 32.1. The number of benzene rings is 1. The number of aromatic nitrogens is 3. The summed E-state index contributed by atoms with van der Waals surface area (Å²) in [6.07, 6.45) is 4.45. The highest BCUT2D eigenvalue weighted by molar-refractivity contribution is 7.23. The SMILES string of the molecule is Cc1c(-c2csc(NC(=O)c3cnccn3)n2)sc2ccccc12. The van der Waals surface area contributed by atoms with Gasteiger partial charge in [0, 0.05) is 22.5 Å². The standard InChI is InChI=1S/C17H12N4OS2/c1-10-11-4-2-3-5-14(11)24-15(10)13-9-23-17(20-13)21-16(22)12-8-18-6-7-19-12/h2-9H,1H3,(H,20,21,22). The molecular formula is C17H12N4OS2. The van der Waals surface area contributed by atoms with Gasteiger partial charge in [0.1, 0.15) is 5.69 Å². The van der Waals surface area contributed by atoms with Gasteiger partial charge in [-0.15, -0.1) is 22.7 Å². The average Bonchev–Trinajstić information content (AvgIpc) is 3.21. The number of rotatable bonds is 3. The van der Waals surface area contributed by atoms with E-state index in [1.165, 1.54) is 45.6 Å². The van der Waals surface area contributed by atoms with E-state index >= 15 is 0 Å². The van der Waals surface area contributed by atoms with Crippen LogP contribution in [-0.2, 0) is 0 Å². The van der Waals surface area contributed by atoms with Crippen molar-refractivity contribution >= 4 is 43.8 Å². The van der Waals surface area contributed by atoms with Crippen LogP contribution in [0.25, 0.3) is 20.7 Å². The average molecular weight is 352 g/mol. The second-order valence-electron chi connectivity index (χ2n) is 5.14. The molecule has 0 unspecified atom stereocenters. The van der Waals surface area contributed by atoms with Crippen LogP contribution in [0.1, 0.15) is 16.1 Å². The number of carbonyl (C=O) groups is 1. The number of nitrogens with one attached hydrogen (secondary N) is 1. The number of hydrogen-bond acceptors (Lipinski definition) is 6. The predicted octanol–water partition coefficient (Wildman–Crippen LogP) is 4.38. The molecule has 0 aliphatic carbocycles. The highest BCUT2D eigenvalue weighted by Crippen LogP contribution is 2.38. The van der Waals surface area contributed by atoms with E-state index in [0.29, 0.717) is 5.13 Å². The Morgan fingerprint density at radius 3 is 2.88 bits per heavy atom. The minimum atomic E-state index is -0.308. The lowest BCUT2D eigenvalue weighted by molar-refractivity contribution is 0.102. The van der Waals surface area contributed by atoms with E-state index in [1.807, 2.05) is 17.5 Å². The third kappa shape index (κ3) is 2.68. The minimum absolute atomic E-state index is 0.271. The molecule has 0 saturated heterocycles. The third-order valence-corrected chi connectivity index (χ3v) is 5.65. The van der Waals surface area contributed by atoms with Crippen molar-refractivity contribution in [2.45, 2.75) is 6.92 Å². The Morgan fingerprint density at radius 1 is 1.21 bits per heavy atom. The van der Waals surface area contributed by atoms with Crippen LogP contribution in [0.2, 0.25) is 0 Å². The summed E-state index contributed by atoms with van der Waals surface area (Å²) >= 11 is 3.12. The topological polar surface area (TPSA) is 67.8 Å². The van der Waals surface area contributed by atoms with Crippen LogP contribution >= 0.6 is 22.7 Å². The zero-order valence-electron chi connectivity index (χ0n) is 12.7. The van der Waals surface area contributed by atoms with Crippen LogP contribution in [0.15, 0.2) is 48.2 Å². The molecule has 3 aromatic heterocycles. The molecule has 5 nitrogen and oxygen atoms in total. The summed E-state index contributed by atoms with van der Waals surface area (Å²) < 4.78 is 1.24. The Labute approximate surface area is 146 Å². The summed E-state index contributed by atoms with van der Waals surface area (Å²) in [4.78, 5) is 25.7. The second kappa shape index (κ2) is 6.10. The number of fused-ring (bicyclic) bond motifs is 1. The summed E-state index contributed by atoms with van der Waals surface area (Å²) in [5.74, 6) is -0.308. The van der Waals surface area contributed by atoms with Gasteiger partial charge in [-0.25, -0.2) is 9.97 Å². The van der Waals surface area contributed by atoms with Crippen LogP contribution in [-0.4, -0.2) is 20.9 Å². The normalized spacial score (nSPS) is 10.9. The van der Waals surface area contributed by atoms with E-state index in [9.17, 15) is 4.79 Å². The van der Waals surface area contributed by atoms with Gasteiger partial charge < -0.3 is 0 Å². The van der Waals surface area contributed by atoms with Crippen molar-refractivity contribution in [3.05, 3.63) is 59.5 Å². The summed E-state index contributed by atoms with van der Waals surface area (Å²) in [7, 11) is 0. The Morgan fingerprint density at radius 2 is 2.08 bits per heavy atom. The molecule has 4 aromatic rings. The molecule has 0 aliphatic heterocycles. The fraction of sp³-hybridized carbons (Fsp3) is 0.0588. The molecular weight excluding hydrogens is 340 g/mol. The largest absolute Gasteiger partial charge is 0.296 e. The van der Waals surface area contributed by atoms with Crippen LogP contribution in [0.4, 0.5) is 5.13 Å². The number of anilines is 1. The minimum Gasteiger partial charge on any atom is -0.296 e. The monoisotopic (exact) mass is 352 g/mol. The molecule has 0 saturated carbocycles. The van der Waals surface area contributed by atoms with Crippen LogP contribution in [0, 0.1) is 6.92 Å². The van der Waals surface area contributed by atoms with Crippen molar-refractivity contribution in [2.24, 2.45) is 0 Å². The van der Waals surface area contributed by atoms with Crippen molar-refractivity contribution in [1.82, 2.24) is 15.0 Å². The van der Waals surface area contributed by atoms with Gasteiger partial charge in [-0.1, -0.05) is 18.2 Å². The van der Waals surface area contributed by atoms with Crippen LogP contribution in [0.5, 0.6) is 0 Å². The number of hydrogen-bond donors (Lipinski definition) is 1. The molecule has 0 atom stereocenters. The number of thiazole rings is 1. The zero-order chi connectivity index (χ0) is 16.5. The van der Waals surface area contributed by atoms with Gasteiger partial charge in [0.25, 0.3) is 5.91 Å². The predicted molar refractivity (Wildman–Crippen MR) is 97.7 cm³/mol. The molecule has 0 spiro atoms. The van der Waals surface area contributed by atoms with Gasteiger partial charge in [-0.3, -0.25) is 15.1 Å². The lowest BCUT2D eigenvalue weighted by atomic mass is 10.1. The number of thiophene rings is 1. The second-order valence-corrected chi connectivity index (χ2v) is 7.05. The van der Waals surface area contributed by atoms with E-state index in [-0.39, 0.29) is 11.6 Å². The van der Waals surface area contributed by atoms with Crippen LogP contribution < -0.4 is 5.32 Å². The van der Waals surface area contributed by atoms with E-state index in [1.54, 1.807) is 11.3 Å². The smallest absolute Gasteiger partial charge is 0.277 e. The first kappa shape index (κ1) is 14.9. The lowest BCUT2D eigenvalue weighted by Gasteiger charge is -1.99. The molecule has 0 radical (unpaired) electrons. The van der Waals surface area contributed by atoms with E-state index in [4.69, 9.17) is 0 Å². The quantitative estimate of drug-likeness (QED) is 0.594. The molecule has 1 aromatic carbocycles. The lowest BCUT2D eigenvalue weighted by Crippen LogP contribution is -2.13. The zero-order valence-corrected chi connectivity index (χ0v) is 14.3. The molecule has 7 heteroatoms. The Balaban J connectivity index is 1.62. The fourth-order valence-corrected chi connectivity index (χ4v) is 4.37. The van der Waals surface area contributed by atoms with Crippen molar-refractivity contribution < 1.29 is 4.79 Å². The van der Waals surface area contributed by atoms with Crippen molar-refractivity contribution in [3.8, 4) is 10.6 Å². The Hall–Kier alpha value is -2.64. The number of aryl methyl sites for hydroxylation is 1. The van der Waals surface area contributed by atoms with Gasteiger partial charge in [-0.2, -0.15) is 0 Å². The molecule has 24 heavy (non-hydrogen) atoms. The van der Waals surface area contributed by atoms with Gasteiger partial charge in [0.2, 0.25) is 0 Å². The summed E-state index contributed by atoms with van der Waals surface area (Å²) in [6.45, 7) is 2.10. The summed E-state index contributed by atoms with van der Waals surface area (Å²) in [5, 5.41) is 6.53. The molecule has 1 amide bonds. The summed E-state index contributed by atoms with van der Waals surface area (Å²) in [6, 6.07) is 8.31. The molecule has 118 valence electrons. The van der Waals surface area contributed by atoms with Crippen molar-refractivity contribution in [3.63, 3.8) is 0 Å². The van der Waals surface area contributed by atoms with Gasteiger partial charge in [0.15, 0.2) is 5.13 Å². The molecule has 0 aliphatic rings. The van der Waals surface area contributed by atoms with Gasteiger partial charge in [-0.05, 0) is 23.9 Å². The van der Waals surface area contributed by atoms with Crippen molar-refractivity contribution in [2.75, 3.05) is 5.32 Å². The maximum atomic E-state index is 12.1. The Kier molecular flexibility index (Phi) is 3.79. The fourth-order valence-electron chi connectivity index (χ4n) is 2.43. The van der Waals surface area contributed by atoms with Crippen LogP contribution in [0.3, 0.4) is 0 Å². The maximum Gasteiger partial charge on any atom is 0.277 e. The molecule has 0 fully saturated rings. The molecule has 3 heterocycles. The third-order valence-electron chi connectivity index (χ3n) is 3.60. The highest BCUT2D eigenvalue weighted by Gasteiger charge is 2.15. The molecule has 4 rings (SSSR count). The maximum absolute atomic E-state index is 12.1. The number of amides is 1. The van der Waals surface area contributed by atoms with Gasteiger partial charge >= 0.3 is 0 Å². The van der Waals surface area contributed by atoms with Crippen molar-refractivity contribution in [1.29, 1.82) is 0 Å². The van der Waals surface area contributed by atoms with E-state index in [2.05, 4.69) is 39.3 Å². The van der Waals surface area contributed by atoms with E-state index in [0.717, 1.165) is 10.6 Å². The molecule has 1 N–H and O–H groups in total. The van der Waals surface area contributed by atoms with E-state index < -0.39 is 0 Å². The number of carbonyl (C=O) groups excluding carboxylic acids is 1. The summed E-state index contributed by atoms with van der Waals surface area (Å²) in [5.41, 5.74) is 2.37. The first-order chi connectivity index (χ1) is 11.7.